The lowest BCUT2D eigenvalue weighted by Gasteiger charge is -2.28. The molecule has 0 aliphatic heterocycles. The van der Waals surface area contributed by atoms with Gasteiger partial charge in [-0.05, 0) is 38.3 Å². The number of urea groups is 1. The Kier molecular flexibility index (Phi) is 8.76. The molecule has 0 unspecified atom stereocenters. The third-order valence-corrected chi connectivity index (χ3v) is 6.66. The lowest BCUT2D eigenvalue weighted by atomic mass is 9.96. The number of nitrogens with zero attached hydrogens (tertiary/aromatic N) is 3. The van der Waals surface area contributed by atoms with Crippen LogP contribution in [0.4, 0.5) is 10.6 Å². The Morgan fingerprint density at radius 2 is 1.75 bits per heavy atom. The number of amides is 3. The van der Waals surface area contributed by atoms with Crippen molar-refractivity contribution in [3.8, 4) is 16.9 Å². The van der Waals surface area contributed by atoms with Gasteiger partial charge in [0.2, 0.25) is 5.91 Å². The fourth-order valence-corrected chi connectivity index (χ4v) is 4.57. The molecule has 1 aromatic heterocycles. The lowest BCUT2D eigenvalue weighted by Crippen LogP contribution is -2.48. The van der Waals surface area contributed by atoms with E-state index in [1.807, 2.05) is 67.6 Å². The normalized spacial score (nSPS) is 13.8. The van der Waals surface area contributed by atoms with Gasteiger partial charge in [-0.3, -0.25) is 4.79 Å². The minimum absolute atomic E-state index is 0.00169. The van der Waals surface area contributed by atoms with E-state index in [9.17, 15) is 9.59 Å². The van der Waals surface area contributed by atoms with Gasteiger partial charge >= 0.3 is 6.03 Å². The molecule has 7 heteroatoms. The summed E-state index contributed by atoms with van der Waals surface area (Å²) in [4.78, 5) is 27.9. The standard InChI is InChI=1S/C29H37N5O2/c1-3-4-19-33(29(36)30-24-13-9-6-10-14-24)21-28(35)31-27-20-26(23-11-7-5-8-12-23)32-34(27)25-17-15-22(2)16-18-25/h5,7-8,11-12,15-18,20,24H,3-4,6,9-10,13-14,19,21H2,1-2H3,(H,30,36)(H,31,35). The van der Waals surface area contributed by atoms with E-state index in [-0.39, 0.29) is 24.5 Å². The highest BCUT2D eigenvalue weighted by Crippen LogP contribution is 2.25. The molecular weight excluding hydrogens is 450 g/mol. The van der Waals surface area contributed by atoms with Crippen molar-refractivity contribution < 1.29 is 9.59 Å². The molecule has 2 N–H and O–H groups in total. The molecule has 2 aromatic carbocycles. The Labute approximate surface area is 213 Å². The molecule has 4 rings (SSSR count). The second kappa shape index (κ2) is 12.4. The highest BCUT2D eigenvalue weighted by molar-refractivity contribution is 5.94. The van der Waals surface area contributed by atoms with Crippen molar-refractivity contribution in [3.63, 3.8) is 0 Å². The largest absolute Gasteiger partial charge is 0.335 e. The first-order valence-corrected chi connectivity index (χ1v) is 13.1. The van der Waals surface area contributed by atoms with Gasteiger partial charge < -0.3 is 15.5 Å². The van der Waals surface area contributed by atoms with E-state index >= 15 is 0 Å². The average Bonchev–Trinajstić information content (AvgIpc) is 3.31. The van der Waals surface area contributed by atoms with Crippen molar-refractivity contribution in [1.82, 2.24) is 20.0 Å². The molecule has 7 nitrogen and oxygen atoms in total. The quantitative estimate of drug-likeness (QED) is 0.393. The van der Waals surface area contributed by atoms with Gasteiger partial charge in [0, 0.05) is 24.2 Å². The number of carbonyl (C=O) groups excluding carboxylic acids is 2. The van der Waals surface area contributed by atoms with Crippen LogP contribution in [0.2, 0.25) is 0 Å². The van der Waals surface area contributed by atoms with Crippen LogP contribution in [0.15, 0.2) is 60.7 Å². The Morgan fingerprint density at radius 3 is 2.44 bits per heavy atom. The van der Waals surface area contributed by atoms with E-state index in [0.717, 1.165) is 61.0 Å². The predicted octanol–water partition coefficient (Wildman–Crippen LogP) is 5.93. The molecule has 36 heavy (non-hydrogen) atoms. The van der Waals surface area contributed by atoms with E-state index < -0.39 is 0 Å². The third-order valence-electron chi connectivity index (χ3n) is 6.66. The van der Waals surface area contributed by atoms with Crippen LogP contribution in [0.5, 0.6) is 0 Å². The zero-order chi connectivity index (χ0) is 25.3. The molecule has 0 spiro atoms. The molecule has 1 saturated carbocycles. The fraction of sp³-hybridized carbons (Fsp3) is 0.414. The van der Waals surface area contributed by atoms with Gasteiger partial charge in [-0.1, -0.05) is 80.6 Å². The number of hydrogen-bond donors (Lipinski definition) is 2. The molecule has 1 aliphatic carbocycles. The van der Waals surface area contributed by atoms with E-state index in [1.54, 1.807) is 9.58 Å². The minimum Gasteiger partial charge on any atom is -0.335 e. The maximum atomic E-state index is 13.2. The van der Waals surface area contributed by atoms with E-state index in [1.165, 1.54) is 6.42 Å². The van der Waals surface area contributed by atoms with Crippen LogP contribution in [-0.2, 0) is 4.79 Å². The van der Waals surface area contributed by atoms with Gasteiger partial charge in [-0.2, -0.15) is 5.10 Å². The van der Waals surface area contributed by atoms with Crippen LogP contribution < -0.4 is 10.6 Å². The zero-order valence-electron chi connectivity index (χ0n) is 21.4. The molecule has 3 amide bonds. The maximum absolute atomic E-state index is 13.2. The van der Waals surface area contributed by atoms with E-state index in [2.05, 4.69) is 17.6 Å². The first-order chi connectivity index (χ1) is 17.5. The summed E-state index contributed by atoms with van der Waals surface area (Å²) < 4.78 is 1.75. The summed E-state index contributed by atoms with van der Waals surface area (Å²) in [6, 6.07) is 19.8. The molecule has 0 bridgehead atoms. The Bertz CT molecular complexity index is 1130. The van der Waals surface area contributed by atoms with Crippen LogP contribution in [0, 0.1) is 6.92 Å². The van der Waals surface area contributed by atoms with Crippen molar-refractivity contribution in [1.29, 1.82) is 0 Å². The molecule has 0 radical (unpaired) electrons. The summed E-state index contributed by atoms with van der Waals surface area (Å²) in [5.41, 5.74) is 3.74. The molecule has 0 saturated heterocycles. The highest BCUT2D eigenvalue weighted by atomic mass is 16.2. The topological polar surface area (TPSA) is 79.3 Å². The van der Waals surface area contributed by atoms with Crippen molar-refractivity contribution in [2.24, 2.45) is 0 Å². The van der Waals surface area contributed by atoms with Crippen molar-refractivity contribution in [2.75, 3.05) is 18.4 Å². The number of unbranched alkanes of at least 4 members (excludes halogenated alkanes) is 1. The van der Waals surface area contributed by atoms with Gasteiger partial charge in [0.1, 0.15) is 12.4 Å². The first-order valence-electron chi connectivity index (χ1n) is 13.1. The minimum atomic E-state index is -0.238. The van der Waals surface area contributed by atoms with E-state index in [0.29, 0.717) is 12.4 Å². The van der Waals surface area contributed by atoms with Crippen LogP contribution in [0.25, 0.3) is 16.9 Å². The Balaban J connectivity index is 1.52. The third kappa shape index (κ3) is 6.74. The number of aryl methyl sites for hydroxylation is 1. The number of rotatable bonds is 9. The summed E-state index contributed by atoms with van der Waals surface area (Å²) in [7, 11) is 0. The summed E-state index contributed by atoms with van der Waals surface area (Å²) in [6.07, 6.45) is 7.35. The van der Waals surface area contributed by atoms with Crippen LogP contribution in [0.3, 0.4) is 0 Å². The maximum Gasteiger partial charge on any atom is 0.318 e. The SMILES string of the molecule is CCCCN(CC(=O)Nc1cc(-c2ccccc2)nn1-c1ccc(C)cc1)C(=O)NC1CCCCC1. The number of hydrogen-bond acceptors (Lipinski definition) is 3. The second-order valence-electron chi connectivity index (χ2n) is 9.64. The van der Waals surface area contributed by atoms with Crippen molar-refractivity contribution in [3.05, 3.63) is 66.2 Å². The molecule has 3 aromatic rings. The zero-order valence-corrected chi connectivity index (χ0v) is 21.4. The number of anilines is 1. The average molecular weight is 488 g/mol. The van der Waals surface area contributed by atoms with Gasteiger partial charge in [0.15, 0.2) is 0 Å². The molecular formula is C29H37N5O2. The monoisotopic (exact) mass is 487 g/mol. The summed E-state index contributed by atoms with van der Waals surface area (Å²) >= 11 is 0. The van der Waals surface area contributed by atoms with Crippen LogP contribution >= 0.6 is 0 Å². The predicted molar refractivity (Wildman–Crippen MR) is 144 cm³/mol. The Morgan fingerprint density at radius 1 is 1.03 bits per heavy atom. The Hall–Kier alpha value is -3.61. The number of benzene rings is 2. The van der Waals surface area contributed by atoms with Crippen LogP contribution in [0.1, 0.15) is 57.4 Å². The van der Waals surface area contributed by atoms with Crippen LogP contribution in [-0.4, -0.2) is 45.8 Å². The highest BCUT2D eigenvalue weighted by Gasteiger charge is 2.22. The lowest BCUT2D eigenvalue weighted by molar-refractivity contribution is -0.116. The second-order valence-corrected chi connectivity index (χ2v) is 9.64. The summed E-state index contributed by atoms with van der Waals surface area (Å²) in [6.45, 7) is 4.67. The smallest absolute Gasteiger partial charge is 0.318 e. The van der Waals surface area contributed by atoms with Gasteiger partial charge in [-0.15, -0.1) is 0 Å². The fourth-order valence-electron chi connectivity index (χ4n) is 4.57. The van der Waals surface area contributed by atoms with Gasteiger partial charge in [0.05, 0.1) is 11.4 Å². The van der Waals surface area contributed by atoms with Gasteiger partial charge in [-0.25, -0.2) is 9.48 Å². The summed E-state index contributed by atoms with van der Waals surface area (Å²) in [5, 5.41) is 11.0. The summed E-state index contributed by atoms with van der Waals surface area (Å²) in [5.74, 6) is 0.337. The van der Waals surface area contributed by atoms with Crippen molar-refractivity contribution >= 4 is 17.8 Å². The molecule has 1 aliphatic rings. The number of aromatic nitrogens is 2. The molecule has 190 valence electrons. The molecule has 0 atom stereocenters. The number of carbonyl (C=O) groups is 2. The molecule has 1 fully saturated rings. The van der Waals surface area contributed by atoms with Crippen molar-refractivity contribution in [2.45, 2.75) is 64.8 Å². The number of nitrogens with one attached hydrogen (secondary N) is 2. The van der Waals surface area contributed by atoms with E-state index in [4.69, 9.17) is 5.10 Å². The molecule has 1 heterocycles. The van der Waals surface area contributed by atoms with Gasteiger partial charge in [0.25, 0.3) is 0 Å². The first kappa shape index (κ1) is 25.5.